The molecule has 1 aliphatic carbocycles. The van der Waals surface area contributed by atoms with Gasteiger partial charge in [-0.15, -0.1) is 0 Å². The molecule has 3 aromatic rings. The molecule has 0 spiro atoms. The van der Waals surface area contributed by atoms with Gasteiger partial charge in [-0.1, -0.05) is 89.9 Å². The Kier molecular flexibility index (Phi) is 11.3. The molecule has 0 radical (unpaired) electrons. The van der Waals surface area contributed by atoms with Crippen LogP contribution in [-0.4, -0.2) is 43.8 Å². The molecular formula is C31H33Cl4N3O4S. The summed E-state index contributed by atoms with van der Waals surface area (Å²) in [6, 6.07) is 14.7. The number of benzene rings is 3. The van der Waals surface area contributed by atoms with E-state index in [1.54, 1.807) is 37.3 Å². The van der Waals surface area contributed by atoms with Crippen molar-refractivity contribution in [2.45, 2.75) is 69.5 Å². The van der Waals surface area contributed by atoms with E-state index in [0.717, 1.165) is 35.6 Å². The fraction of sp³-hybridized carbons (Fsp3) is 0.355. The summed E-state index contributed by atoms with van der Waals surface area (Å²) in [7, 11) is -4.28. The molecule has 1 fully saturated rings. The van der Waals surface area contributed by atoms with Crippen LogP contribution in [0.2, 0.25) is 20.1 Å². The first-order chi connectivity index (χ1) is 20.4. The van der Waals surface area contributed by atoms with Gasteiger partial charge in [0.05, 0.1) is 10.6 Å². The smallest absolute Gasteiger partial charge is 0.264 e. The van der Waals surface area contributed by atoms with Crippen molar-refractivity contribution in [2.24, 2.45) is 0 Å². The second-order valence-corrected chi connectivity index (χ2v) is 14.1. The van der Waals surface area contributed by atoms with Crippen molar-refractivity contribution in [1.82, 2.24) is 10.2 Å². The maximum absolute atomic E-state index is 14.3. The number of amides is 2. The molecule has 230 valence electrons. The number of nitrogens with zero attached hydrogens (tertiary/aromatic N) is 2. The maximum atomic E-state index is 14.3. The van der Waals surface area contributed by atoms with Crippen LogP contribution in [0.1, 0.15) is 50.2 Å². The average molecular weight is 686 g/mol. The summed E-state index contributed by atoms with van der Waals surface area (Å²) >= 11 is 25.5. The fourth-order valence-corrected chi connectivity index (χ4v) is 7.62. The topological polar surface area (TPSA) is 86.8 Å². The minimum atomic E-state index is -4.28. The van der Waals surface area contributed by atoms with Gasteiger partial charge >= 0.3 is 0 Å². The Morgan fingerprint density at radius 1 is 0.930 bits per heavy atom. The zero-order valence-electron chi connectivity index (χ0n) is 23.8. The second kappa shape index (κ2) is 14.5. The first kappa shape index (κ1) is 33.4. The average Bonchev–Trinajstić information content (AvgIpc) is 3.45. The molecular weight excluding hydrogens is 652 g/mol. The minimum Gasteiger partial charge on any atom is -0.352 e. The van der Waals surface area contributed by atoms with Crippen LogP contribution in [0.5, 0.6) is 0 Å². The van der Waals surface area contributed by atoms with E-state index in [4.69, 9.17) is 46.4 Å². The third kappa shape index (κ3) is 8.17. The van der Waals surface area contributed by atoms with Crippen molar-refractivity contribution in [2.75, 3.05) is 10.8 Å². The van der Waals surface area contributed by atoms with E-state index in [2.05, 4.69) is 5.32 Å². The van der Waals surface area contributed by atoms with Gasteiger partial charge in [0.2, 0.25) is 11.8 Å². The number of hydrogen-bond donors (Lipinski definition) is 1. The Balaban J connectivity index is 1.77. The van der Waals surface area contributed by atoms with Crippen molar-refractivity contribution in [3.8, 4) is 0 Å². The van der Waals surface area contributed by atoms with Crippen LogP contribution in [0.4, 0.5) is 5.69 Å². The molecule has 1 saturated carbocycles. The predicted molar refractivity (Wildman–Crippen MR) is 174 cm³/mol. The Bertz CT molecular complexity index is 1540. The number of sulfonamides is 1. The largest absolute Gasteiger partial charge is 0.352 e. The van der Waals surface area contributed by atoms with Crippen molar-refractivity contribution in [1.29, 1.82) is 0 Å². The highest BCUT2D eigenvalue weighted by atomic mass is 35.5. The molecule has 2 amide bonds. The number of rotatable bonds is 11. The van der Waals surface area contributed by atoms with Gasteiger partial charge in [0.15, 0.2) is 0 Å². The van der Waals surface area contributed by atoms with E-state index in [0.29, 0.717) is 15.6 Å². The van der Waals surface area contributed by atoms with E-state index >= 15 is 0 Å². The van der Waals surface area contributed by atoms with Gasteiger partial charge in [-0.05, 0) is 68.7 Å². The first-order valence-electron chi connectivity index (χ1n) is 14.0. The molecule has 12 heteroatoms. The molecule has 0 aliphatic heterocycles. The van der Waals surface area contributed by atoms with Crippen molar-refractivity contribution in [3.05, 3.63) is 91.9 Å². The van der Waals surface area contributed by atoms with Crippen LogP contribution in [0.25, 0.3) is 0 Å². The molecule has 0 heterocycles. The highest BCUT2D eigenvalue weighted by Crippen LogP contribution is 2.32. The van der Waals surface area contributed by atoms with Gasteiger partial charge in [0.1, 0.15) is 12.6 Å². The molecule has 1 aliphatic rings. The van der Waals surface area contributed by atoms with Crippen LogP contribution in [0.3, 0.4) is 0 Å². The van der Waals surface area contributed by atoms with Crippen LogP contribution in [-0.2, 0) is 26.2 Å². The van der Waals surface area contributed by atoms with E-state index in [1.165, 1.54) is 35.2 Å². The number of aryl methyl sites for hydroxylation is 1. The van der Waals surface area contributed by atoms with Crippen LogP contribution in [0, 0.1) is 6.92 Å². The molecule has 1 atom stereocenters. The second-order valence-electron chi connectivity index (χ2n) is 10.6. The lowest BCUT2D eigenvalue weighted by atomic mass is 10.1. The molecule has 0 saturated heterocycles. The SMILES string of the molecule is CC[C@H](C(=O)NC1CCCC1)N(Cc1c(Cl)cccc1Cl)C(=O)CN(c1cc(Cl)cc(Cl)c1)S(=O)(=O)c1ccc(C)cc1. The number of nitrogens with one attached hydrogen (secondary N) is 1. The zero-order chi connectivity index (χ0) is 31.3. The Hall–Kier alpha value is -2.49. The molecule has 0 bridgehead atoms. The van der Waals surface area contributed by atoms with Crippen LogP contribution >= 0.6 is 46.4 Å². The summed E-state index contributed by atoms with van der Waals surface area (Å²) in [6.45, 7) is 2.89. The highest BCUT2D eigenvalue weighted by molar-refractivity contribution is 7.92. The Morgan fingerprint density at radius 3 is 2.07 bits per heavy atom. The van der Waals surface area contributed by atoms with Crippen LogP contribution < -0.4 is 9.62 Å². The third-order valence-corrected chi connectivity index (χ3v) is 10.4. The Labute approximate surface area is 273 Å². The normalized spacial score (nSPS) is 14.4. The van der Waals surface area contributed by atoms with E-state index in [-0.39, 0.29) is 45.5 Å². The predicted octanol–water partition coefficient (Wildman–Crippen LogP) is 7.67. The number of halogens is 4. The first-order valence-corrected chi connectivity index (χ1v) is 16.9. The van der Waals surface area contributed by atoms with Crippen LogP contribution in [0.15, 0.2) is 65.6 Å². The van der Waals surface area contributed by atoms with E-state index in [9.17, 15) is 18.0 Å². The van der Waals surface area contributed by atoms with Gasteiger partial charge < -0.3 is 10.2 Å². The molecule has 3 aromatic carbocycles. The quantitative estimate of drug-likeness (QED) is 0.225. The molecule has 4 rings (SSSR count). The summed E-state index contributed by atoms with van der Waals surface area (Å²) < 4.78 is 29.0. The van der Waals surface area contributed by atoms with Gasteiger partial charge in [-0.3, -0.25) is 13.9 Å². The lowest BCUT2D eigenvalue weighted by Gasteiger charge is -2.34. The standard InChI is InChI=1S/C31H33Cl4N3O4S/c1-3-29(31(40)36-23-7-4-5-8-23)37(18-26-27(34)9-6-10-28(26)35)30(39)19-38(24-16-21(32)15-22(33)17-24)43(41,42)25-13-11-20(2)12-14-25/h6,9-17,23,29H,3-5,7-8,18-19H2,1-2H3,(H,36,40)/t29-/m1/s1. The molecule has 0 aromatic heterocycles. The van der Waals surface area contributed by atoms with Gasteiger partial charge in [0, 0.05) is 38.2 Å². The minimum absolute atomic E-state index is 0.0197. The molecule has 1 N–H and O–H groups in total. The summed E-state index contributed by atoms with van der Waals surface area (Å²) in [5.74, 6) is -0.944. The van der Waals surface area contributed by atoms with Gasteiger partial charge in [0.25, 0.3) is 10.0 Å². The Morgan fingerprint density at radius 2 is 1.51 bits per heavy atom. The summed E-state index contributed by atoms with van der Waals surface area (Å²) in [5.41, 5.74) is 1.42. The summed E-state index contributed by atoms with van der Waals surface area (Å²) in [4.78, 5) is 29.2. The molecule has 43 heavy (non-hydrogen) atoms. The third-order valence-electron chi connectivity index (χ3n) is 7.50. The number of hydrogen-bond acceptors (Lipinski definition) is 4. The highest BCUT2D eigenvalue weighted by Gasteiger charge is 2.35. The van der Waals surface area contributed by atoms with E-state index in [1.807, 2.05) is 6.92 Å². The maximum Gasteiger partial charge on any atom is 0.264 e. The van der Waals surface area contributed by atoms with Crippen molar-refractivity contribution < 1.29 is 18.0 Å². The van der Waals surface area contributed by atoms with Crippen molar-refractivity contribution >= 4 is 73.9 Å². The van der Waals surface area contributed by atoms with Gasteiger partial charge in [-0.25, -0.2) is 8.42 Å². The molecule has 7 nitrogen and oxygen atoms in total. The zero-order valence-corrected chi connectivity index (χ0v) is 27.7. The number of carbonyl (C=O) groups excluding carboxylic acids is 2. The number of anilines is 1. The lowest BCUT2D eigenvalue weighted by Crippen LogP contribution is -2.53. The molecule has 0 unspecified atom stereocenters. The summed E-state index contributed by atoms with van der Waals surface area (Å²) in [6.07, 6.45) is 4.05. The van der Waals surface area contributed by atoms with E-state index < -0.39 is 28.5 Å². The summed E-state index contributed by atoms with van der Waals surface area (Å²) in [5, 5.41) is 4.11. The monoisotopic (exact) mass is 683 g/mol. The van der Waals surface area contributed by atoms with Crippen molar-refractivity contribution in [3.63, 3.8) is 0 Å². The lowest BCUT2D eigenvalue weighted by molar-refractivity contribution is -0.140. The fourth-order valence-electron chi connectivity index (χ4n) is 5.19. The number of carbonyl (C=O) groups is 2. The van der Waals surface area contributed by atoms with Gasteiger partial charge in [-0.2, -0.15) is 0 Å².